The molecule has 2 fully saturated rings. The largest absolute Gasteiger partial charge is 0.467 e. The highest BCUT2D eigenvalue weighted by atomic mass is 16.3. The first kappa shape index (κ1) is 15.1. The van der Waals surface area contributed by atoms with Crippen LogP contribution in [0.5, 0.6) is 0 Å². The number of hydrogen-bond acceptors (Lipinski definition) is 4. The van der Waals surface area contributed by atoms with Crippen molar-refractivity contribution in [1.29, 1.82) is 0 Å². The molecule has 6 heteroatoms. The van der Waals surface area contributed by atoms with Crippen LogP contribution in [0.4, 0.5) is 0 Å². The van der Waals surface area contributed by atoms with Crippen LogP contribution in [-0.2, 0) is 16.1 Å². The summed E-state index contributed by atoms with van der Waals surface area (Å²) in [5.74, 6) is 0.232. The van der Waals surface area contributed by atoms with Crippen molar-refractivity contribution in [3.63, 3.8) is 0 Å². The molecular formula is C16H22N2O4. The van der Waals surface area contributed by atoms with Crippen LogP contribution < -0.4 is 5.32 Å². The second-order valence-electron chi connectivity index (χ2n) is 6.22. The summed E-state index contributed by atoms with van der Waals surface area (Å²) >= 11 is 0. The molecule has 6 nitrogen and oxygen atoms in total. The molecular weight excluding hydrogens is 284 g/mol. The van der Waals surface area contributed by atoms with Gasteiger partial charge in [0.15, 0.2) is 0 Å². The van der Waals surface area contributed by atoms with Crippen LogP contribution in [0.3, 0.4) is 0 Å². The van der Waals surface area contributed by atoms with Crippen LogP contribution in [0, 0.1) is 5.92 Å². The van der Waals surface area contributed by atoms with Gasteiger partial charge in [0.1, 0.15) is 5.76 Å². The van der Waals surface area contributed by atoms with E-state index in [1.54, 1.807) is 17.2 Å². The average molecular weight is 306 g/mol. The zero-order valence-corrected chi connectivity index (χ0v) is 12.5. The Morgan fingerprint density at radius 1 is 1.41 bits per heavy atom. The van der Waals surface area contributed by atoms with Crippen molar-refractivity contribution >= 4 is 11.8 Å². The summed E-state index contributed by atoms with van der Waals surface area (Å²) in [7, 11) is 0. The Morgan fingerprint density at radius 2 is 2.23 bits per heavy atom. The summed E-state index contributed by atoms with van der Waals surface area (Å²) in [5, 5.41) is 12.9. The van der Waals surface area contributed by atoms with Crippen LogP contribution in [0.15, 0.2) is 22.8 Å². The molecule has 0 aromatic carbocycles. The fourth-order valence-electron chi connectivity index (χ4n) is 3.27. The Balaban J connectivity index is 1.54. The molecule has 2 aliphatic rings. The Hall–Kier alpha value is -1.82. The smallest absolute Gasteiger partial charge is 0.225 e. The summed E-state index contributed by atoms with van der Waals surface area (Å²) in [6.07, 6.45) is 4.92. The normalized spacial score (nSPS) is 28.9. The predicted molar refractivity (Wildman–Crippen MR) is 78.6 cm³/mol. The minimum atomic E-state index is -0.464. The van der Waals surface area contributed by atoms with E-state index >= 15 is 0 Å². The molecule has 1 saturated carbocycles. The molecule has 22 heavy (non-hydrogen) atoms. The van der Waals surface area contributed by atoms with E-state index in [4.69, 9.17) is 4.42 Å². The van der Waals surface area contributed by atoms with E-state index in [0.717, 1.165) is 31.4 Å². The third kappa shape index (κ3) is 3.32. The number of aliphatic hydroxyl groups excluding tert-OH is 1. The first-order valence-corrected chi connectivity index (χ1v) is 7.92. The molecule has 3 atom stereocenters. The van der Waals surface area contributed by atoms with E-state index in [2.05, 4.69) is 5.32 Å². The van der Waals surface area contributed by atoms with Gasteiger partial charge in [-0.05, 0) is 25.0 Å². The van der Waals surface area contributed by atoms with Crippen molar-refractivity contribution in [1.82, 2.24) is 10.2 Å². The predicted octanol–water partition coefficient (Wildman–Crippen LogP) is 1.05. The van der Waals surface area contributed by atoms with Crippen LogP contribution >= 0.6 is 0 Å². The summed E-state index contributed by atoms with van der Waals surface area (Å²) in [6, 6.07) is 3.43. The van der Waals surface area contributed by atoms with Gasteiger partial charge in [0.2, 0.25) is 11.8 Å². The maximum absolute atomic E-state index is 12.3. The van der Waals surface area contributed by atoms with Crippen molar-refractivity contribution < 1.29 is 19.1 Å². The highest BCUT2D eigenvalue weighted by Crippen LogP contribution is 2.23. The van der Waals surface area contributed by atoms with Gasteiger partial charge in [0.25, 0.3) is 0 Å². The number of nitrogens with zero attached hydrogens (tertiary/aromatic N) is 1. The molecule has 1 aromatic heterocycles. The molecule has 1 aliphatic carbocycles. The zero-order valence-electron chi connectivity index (χ0n) is 12.5. The Morgan fingerprint density at radius 3 is 2.95 bits per heavy atom. The first-order chi connectivity index (χ1) is 10.6. The number of aliphatic hydroxyl groups is 1. The van der Waals surface area contributed by atoms with Gasteiger partial charge in [0, 0.05) is 13.0 Å². The van der Waals surface area contributed by atoms with Gasteiger partial charge in [-0.2, -0.15) is 0 Å². The standard InChI is InChI=1S/C16H22N2O4/c19-14-6-2-1-5-13(14)17-16(21)11-8-15(20)18(9-11)10-12-4-3-7-22-12/h3-4,7,11,13-14,19H,1-2,5-6,8-10H2,(H,17,21). The monoisotopic (exact) mass is 306 g/mol. The lowest BCUT2D eigenvalue weighted by Gasteiger charge is -2.29. The Kier molecular flexibility index (Phi) is 4.47. The van der Waals surface area contributed by atoms with Gasteiger partial charge in [-0.15, -0.1) is 0 Å². The summed E-state index contributed by atoms with van der Waals surface area (Å²) < 4.78 is 5.25. The van der Waals surface area contributed by atoms with Crippen LogP contribution in [0.2, 0.25) is 0 Å². The molecule has 2 N–H and O–H groups in total. The van der Waals surface area contributed by atoms with Crippen molar-refractivity contribution in [3.05, 3.63) is 24.2 Å². The lowest BCUT2D eigenvalue weighted by Crippen LogP contribution is -2.47. The molecule has 1 saturated heterocycles. The highest BCUT2D eigenvalue weighted by molar-refractivity contribution is 5.89. The van der Waals surface area contributed by atoms with Gasteiger partial charge in [0.05, 0.1) is 30.9 Å². The third-order valence-corrected chi connectivity index (χ3v) is 4.57. The van der Waals surface area contributed by atoms with Gasteiger partial charge < -0.3 is 19.7 Å². The SMILES string of the molecule is O=C(NC1CCCCC1O)C1CC(=O)N(Cc2ccco2)C1. The molecule has 3 unspecified atom stereocenters. The zero-order chi connectivity index (χ0) is 15.5. The molecule has 120 valence electrons. The fourth-order valence-corrected chi connectivity index (χ4v) is 3.27. The van der Waals surface area contributed by atoms with Crippen molar-refractivity contribution in [2.24, 2.45) is 5.92 Å². The van der Waals surface area contributed by atoms with E-state index in [1.165, 1.54) is 0 Å². The number of carbonyl (C=O) groups is 2. The maximum atomic E-state index is 12.3. The van der Waals surface area contributed by atoms with Crippen molar-refractivity contribution in [3.8, 4) is 0 Å². The highest BCUT2D eigenvalue weighted by Gasteiger charge is 2.36. The third-order valence-electron chi connectivity index (χ3n) is 4.57. The number of carbonyl (C=O) groups excluding carboxylic acids is 2. The molecule has 2 amide bonds. The first-order valence-electron chi connectivity index (χ1n) is 7.92. The Bertz CT molecular complexity index is 528. The maximum Gasteiger partial charge on any atom is 0.225 e. The van der Waals surface area contributed by atoms with E-state index in [9.17, 15) is 14.7 Å². The lowest BCUT2D eigenvalue weighted by molar-refractivity contribution is -0.129. The number of likely N-dealkylation sites (tertiary alicyclic amines) is 1. The quantitative estimate of drug-likeness (QED) is 0.871. The van der Waals surface area contributed by atoms with Gasteiger partial charge in [-0.3, -0.25) is 9.59 Å². The summed E-state index contributed by atoms with van der Waals surface area (Å²) in [4.78, 5) is 26.0. The van der Waals surface area contributed by atoms with E-state index in [1.807, 2.05) is 6.07 Å². The Labute approximate surface area is 129 Å². The number of rotatable bonds is 4. The van der Waals surface area contributed by atoms with Crippen LogP contribution in [0.1, 0.15) is 37.9 Å². The summed E-state index contributed by atoms with van der Waals surface area (Å²) in [6.45, 7) is 0.815. The average Bonchev–Trinajstić information content (AvgIpc) is 3.13. The minimum Gasteiger partial charge on any atom is -0.467 e. The lowest BCUT2D eigenvalue weighted by atomic mass is 9.92. The summed E-state index contributed by atoms with van der Waals surface area (Å²) in [5.41, 5.74) is 0. The number of hydrogen-bond donors (Lipinski definition) is 2. The molecule has 3 rings (SSSR count). The fraction of sp³-hybridized carbons (Fsp3) is 0.625. The van der Waals surface area contributed by atoms with Crippen LogP contribution in [-0.4, -0.2) is 40.5 Å². The second-order valence-corrected chi connectivity index (χ2v) is 6.22. The van der Waals surface area contributed by atoms with E-state index < -0.39 is 6.10 Å². The van der Waals surface area contributed by atoms with Crippen molar-refractivity contribution in [2.75, 3.05) is 6.54 Å². The number of nitrogens with one attached hydrogen (secondary N) is 1. The van der Waals surface area contributed by atoms with Gasteiger partial charge in [-0.25, -0.2) is 0 Å². The topological polar surface area (TPSA) is 82.8 Å². The minimum absolute atomic E-state index is 0.0271. The molecule has 1 aliphatic heterocycles. The second kappa shape index (κ2) is 6.52. The molecule has 0 radical (unpaired) electrons. The number of amides is 2. The molecule has 0 bridgehead atoms. The molecule has 1 aromatic rings. The van der Waals surface area contributed by atoms with E-state index in [0.29, 0.717) is 13.1 Å². The van der Waals surface area contributed by atoms with Crippen molar-refractivity contribution in [2.45, 2.75) is 50.8 Å². The molecule has 0 spiro atoms. The van der Waals surface area contributed by atoms with E-state index in [-0.39, 0.29) is 30.2 Å². The number of furan rings is 1. The molecule has 2 heterocycles. The van der Waals surface area contributed by atoms with Crippen LogP contribution in [0.25, 0.3) is 0 Å². The van der Waals surface area contributed by atoms with Gasteiger partial charge in [-0.1, -0.05) is 12.8 Å². The van der Waals surface area contributed by atoms with Gasteiger partial charge >= 0.3 is 0 Å².